The van der Waals surface area contributed by atoms with Gasteiger partial charge in [0.15, 0.2) is 0 Å². The Morgan fingerprint density at radius 1 is 1.22 bits per heavy atom. The van der Waals surface area contributed by atoms with Crippen molar-refractivity contribution in [2.24, 2.45) is 5.92 Å². The van der Waals surface area contributed by atoms with E-state index in [1.807, 2.05) is 11.9 Å². The van der Waals surface area contributed by atoms with Crippen molar-refractivity contribution in [1.29, 1.82) is 0 Å². The average Bonchev–Trinajstić information content (AvgIpc) is 2.33. The molecule has 0 aromatic heterocycles. The lowest BCUT2D eigenvalue weighted by atomic mass is 9.89. The van der Waals surface area contributed by atoms with Crippen molar-refractivity contribution in [3.8, 4) is 0 Å². The summed E-state index contributed by atoms with van der Waals surface area (Å²) >= 11 is 1.98. The molecule has 2 unspecified atom stereocenters. The van der Waals surface area contributed by atoms with Crippen LogP contribution in [0, 0.1) is 5.92 Å². The molecule has 1 heterocycles. The summed E-state index contributed by atoms with van der Waals surface area (Å²) in [5, 5.41) is 0.971. The van der Waals surface area contributed by atoms with E-state index in [9.17, 15) is 0 Å². The molecule has 0 spiro atoms. The molecule has 1 nitrogen and oxygen atoms in total. The zero-order valence-electron chi connectivity index (χ0n) is 5.60. The van der Waals surface area contributed by atoms with E-state index in [0.29, 0.717) is 0 Å². The second kappa shape index (κ2) is 2.51. The zero-order valence-corrected chi connectivity index (χ0v) is 6.41. The maximum absolute atomic E-state index is 3.38. The molecule has 1 aliphatic carbocycles. The maximum atomic E-state index is 3.38. The summed E-state index contributed by atoms with van der Waals surface area (Å²) in [6.07, 6.45) is 5.88. The SMILES string of the molecule is C1CCC2SNCC2C1. The Hall–Kier alpha value is 0.310. The Kier molecular flexibility index (Phi) is 1.68. The van der Waals surface area contributed by atoms with Gasteiger partial charge in [-0.15, -0.1) is 0 Å². The first-order valence-electron chi connectivity index (χ1n) is 3.85. The van der Waals surface area contributed by atoms with Crippen LogP contribution in [0.15, 0.2) is 0 Å². The van der Waals surface area contributed by atoms with Crippen LogP contribution in [0.5, 0.6) is 0 Å². The molecule has 0 aromatic carbocycles. The second-order valence-corrected chi connectivity index (χ2v) is 4.18. The molecule has 2 heteroatoms. The molecule has 9 heavy (non-hydrogen) atoms. The van der Waals surface area contributed by atoms with E-state index in [1.54, 1.807) is 0 Å². The normalized spacial score (nSPS) is 42.7. The Balaban J connectivity index is 1.97. The monoisotopic (exact) mass is 143 g/mol. The predicted molar refractivity (Wildman–Crippen MR) is 41.3 cm³/mol. The van der Waals surface area contributed by atoms with Crippen molar-refractivity contribution < 1.29 is 0 Å². The molecule has 2 atom stereocenters. The Labute approximate surface area is 60.7 Å². The largest absolute Gasteiger partial charge is 0.264 e. The number of fused-ring (bicyclic) bond motifs is 1. The topological polar surface area (TPSA) is 12.0 Å². The molecule has 0 bridgehead atoms. The third-order valence-corrected chi connectivity index (χ3v) is 3.68. The van der Waals surface area contributed by atoms with Crippen molar-refractivity contribution in [2.45, 2.75) is 30.9 Å². The summed E-state index contributed by atoms with van der Waals surface area (Å²) in [5.74, 6) is 1.02. The Morgan fingerprint density at radius 2 is 2.11 bits per heavy atom. The summed E-state index contributed by atoms with van der Waals surface area (Å²) < 4.78 is 3.38. The molecule has 2 aliphatic rings. The number of nitrogens with one attached hydrogen (secondary N) is 1. The van der Waals surface area contributed by atoms with Crippen molar-refractivity contribution in [1.82, 2.24) is 4.72 Å². The van der Waals surface area contributed by atoms with Crippen molar-refractivity contribution in [2.75, 3.05) is 6.54 Å². The zero-order chi connectivity index (χ0) is 6.10. The van der Waals surface area contributed by atoms with E-state index in [0.717, 1.165) is 11.2 Å². The fraction of sp³-hybridized carbons (Fsp3) is 1.00. The molecule has 1 saturated heterocycles. The van der Waals surface area contributed by atoms with Crippen LogP contribution in [0.2, 0.25) is 0 Å². The molecule has 1 N–H and O–H groups in total. The van der Waals surface area contributed by atoms with Gasteiger partial charge in [-0.3, -0.25) is 4.72 Å². The highest BCUT2D eigenvalue weighted by Gasteiger charge is 2.29. The van der Waals surface area contributed by atoms with Crippen LogP contribution in [-0.2, 0) is 0 Å². The van der Waals surface area contributed by atoms with Crippen LogP contribution in [0.3, 0.4) is 0 Å². The average molecular weight is 143 g/mol. The smallest absolute Gasteiger partial charge is 0.0233 e. The summed E-state index contributed by atoms with van der Waals surface area (Å²) in [4.78, 5) is 0. The van der Waals surface area contributed by atoms with Crippen LogP contribution in [-0.4, -0.2) is 11.8 Å². The van der Waals surface area contributed by atoms with Crippen LogP contribution in [0.25, 0.3) is 0 Å². The lowest BCUT2D eigenvalue weighted by molar-refractivity contribution is 0.390. The van der Waals surface area contributed by atoms with E-state index >= 15 is 0 Å². The molecule has 0 aromatic rings. The van der Waals surface area contributed by atoms with Gasteiger partial charge in [-0.2, -0.15) is 0 Å². The van der Waals surface area contributed by atoms with Gasteiger partial charge in [0.1, 0.15) is 0 Å². The van der Waals surface area contributed by atoms with Gasteiger partial charge in [-0.25, -0.2) is 0 Å². The van der Waals surface area contributed by atoms with Crippen molar-refractivity contribution in [3.05, 3.63) is 0 Å². The van der Waals surface area contributed by atoms with Crippen LogP contribution < -0.4 is 4.72 Å². The van der Waals surface area contributed by atoms with Crippen LogP contribution in [0.1, 0.15) is 25.7 Å². The predicted octanol–water partition coefficient (Wildman–Crippen LogP) is 1.80. The van der Waals surface area contributed by atoms with Crippen LogP contribution >= 0.6 is 11.9 Å². The highest BCUT2D eigenvalue weighted by atomic mass is 32.2. The minimum absolute atomic E-state index is 0.971. The minimum atomic E-state index is 0.971. The first-order valence-corrected chi connectivity index (χ1v) is 4.73. The number of hydrogen-bond donors (Lipinski definition) is 1. The van der Waals surface area contributed by atoms with Gasteiger partial charge in [0.25, 0.3) is 0 Å². The summed E-state index contributed by atoms with van der Waals surface area (Å²) in [5.41, 5.74) is 0. The van der Waals surface area contributed by atoms with E-state index in [1.165, 1.54) is 32.2 Å². The molecule has 1 saturated carbocycles. The van der Waals surface area contributed by atoms with Crippen molar-refractivity contribution in [3.63, 3.8) is 0 Å². The first kappa shape index (κ1) is 6.05. The quantitative estimate of drug-likeness (QED) is 0.519. The van der Waals surface area contributed by atoms with Gasteiger partial charge in [0, 0.05) is 11.8 Å². The second-order valence-electron chi connectivity index (χ2n) is 3.05. The molecular weight excluding hydrogens is 130 g/mol. The Bertz CT molecular complexity index is 93.1. The van der Waals surface area contributed by atoms with Gasteiger partial charge in [0.2, 0.25) is 0 Å². The fourth-order valence-corrected chi connectivity index (χ4v) is 3.06. The van der Waals surface area contributed by atoms with E-state index in [4.69, 9.17) is 0 Å². The molecular formula is C7H13NS. The summed E-state index contributed by atoms with van der Waals surface area (Å²) in [6, 6.07) is 0. The van der Waals surface area contributed by atoms with Gasteiger partial charge in [-0.05, 0) is 18.8 Å². The maximum Gasteiger partial charge on any atom is 0.0233 e. The lowest BCUT2D eigenvalue weighted by Gasteiger charge is -2.21. The fourth-order valence-electron chi connectivity index (χ4n) is 1.82. The minimum Gasteiger partial charge on any atom is -0.264 e. The highest BCUT2D eigenvalue weighted by molar-refractivity contribution is 7.98. The third-order valence-electron chi connectivity index (χ3n) is 2.42. The highest BCUT2D eigenvalue weighted by Crippen LogP contribution is 2.35. The Morgan fingerprint density at radius 3 is 3.00 bits per heavy atom. The van der Waals surface area contributed by atoms with Gasteiger partial charge in [0.05, 0.1) is 0 Å². The van der Waals surface area contributed by atoms with Gasteiger partial charge >= 0.3 is 0 Å². The van der Waals surface area contributed by atoms with E-state index < -0.39 is 0 Å². The first-order chi connectivity index (χ1) is 4.47. The molecule has 1 aliphatic heterocycles. The third kappa shape index (κ3) is 1.10. The standard InChI is InChI=1S/C7H13NS/c1-2-4-7-6(3-1)5-8-9-7/h6-8H,1-5H2. The van der Waals surface area contributed by atoms with Crippen molar-refractivity contribution >= 4 is 11.9 Å². The molecule has 52 valence electrons. The molecule has 2 fully saturated rings. The number of rotatable bonds is 0. The lowest BCUT2D eigenvalue weighted by Crippen LogP contribution is -2.19. The summed E-state index contributed by atoms with van der Waals surface area (Å²) in [7, 11) is 0. The van der Waals surface area contributed by atoms with Gasteiger partial charge < -0.3 is 0 Å². The number of hydrogen-bond acceptors (Lipinski definition) is 2. The summed E-state index contributed by atoms with van der Waals surface area (Å²) in [6.45, 7) is 1.27. The molecule has 0 amide bonds. The van der Waals surface area contributed by atoms with E-state index in [2.05, 4.69) is 4.72 Å². The molecule has 0 radical (unpaired) electrons. The molecule has 2 rings (SSSR count). The van der Waals surface area contributed by atoms with Gasteiger partial charge in [-0.1, -0.05) is 24.8 Å². The van der Waals surface area contributed by atoms with Crippen LogP contribution in [0.4, 0.5) is 0 Å². The van der Waals surface area contributed by atoms with E-state index in [-0.39, 0.29) is 0 Å².